The van der Waals surface area contributed by atoms with Crippen LogP contribution < -0.4 is 0 Å². The van der Waals surface area contributed by atoms with Crippen LogP contribution in [0.3, 0.4) is 0 Å². The molecular weight excluding hydrogens is 162 g/mol. The van der Waals surface area contributed by atoms with Crippen LogP contribution in [0.25, 0.3) is 0 Å². The molecule has 2 heteroatoms. The number of nitrogens with zero attached hydrogens (tertiary/aromatic N) is 1. The summed E-state index contributed by atoms with van der Waals surface area (Å²) in [5.74, 6) is 1.55. The molecule has 2 nitrogen and oxygen atoms in total. The van der Waals surface area contributed by atoms with E-state index in [0.717, 1.165) is 18.9 Å². The fourth-order valence-corrected chi connectivity index (χ4v) is 1.33. The van der Waals surface area contributed by atoms with Crippen molar-refractivity contribution in [2.24, 2.45) is 16.3 Å². The highest BCUT2D eigenvalue weighted by molar-refractivity contribution is 5.78. The Morgan fingerprint density at radius 3 is 2.46 bits per heavy atom. The zero-order valence-corrected chi connectivity index (χ0v) is 9.42. The van der Waals surface area contributed by atoms with E-state index in [0.29, 0.717) is 12.0 Å². The summed E-state index contributed by atoms with van der Waals surface area (Å²) in [6.45, 7) is 11.8. The number of aliphatic imine (C=N–C) groups is 1. The van der Waals surface area contributed by atoms with Crippen molar-refractivity contribution in [3.63, 3.8) is 0 Å². The van der Waals surface area contributed by atoms with Gasteiger partial charge in [-0.05, 0) is 11.3 Å². The lowest BCUT2D eigenvalue weighted by Crippen LogP contribution is -2.13. The second-order valence-corrected chi connectivity index (χ2v) is 5.38. The third-order valence-corrected chi connectivity index (χ3v) is 2.18. The van der Waals surface area contributed by atoms with Crippen molar-refractivity contribution in [2.45, 2.75) is 47.1 Å². The third kappa shape index (κ3) is 3.37. The molecule has 1 aliphatic heterocycles. The molecule has 0 spiro atoms. The van der Waals surface area contributed by atoms with Crippen LogP contribution in [0, 0.1) is 11.3 Å². The molecule has 0 aromatic heterocycles. The number of rotatable bonds is 2. The van der Waals surface area contributed by atoms with Crippen molar-refractivity contribution in [1.29, 1.82) is 0 Å². The normalized spacial score (nSPS) is 23.2. The van der Waals surface area contributed by atoms with Gasteiger partial charge in [-0.25, -0.2) is 4.99 Å². The highest BCUT2D eigenvalue weighted by atomic mass is 16.5. The average molecular weight is 183 g/mol. The first-order valence-electron chi connectivity index (χ1n) is 5.08. The van der Waals surface area contributed by atoms with E-state index in [2.05, 4.69) is 39.6 Å². The Hall–Kier alpha value is -0.530. The SMILES string of the molecule is CC(C)[C@H]1COC(CC(C)(C)C)=N1. The molecule has 0 fully saturated rings. The van der Waals surface area contributed by atoms with Crippen LogP contribution in [-0.2, 0) is 4.74 Å². The lowest BCUT2D eigenvalue weighted by Gasteiger charge is -2.16. The summed E-state index contributed by atoms with van der Waals surface area (Å²) in [6, 6.07) is 0.386. The molecule has 0 unspecified atom stereocenters. The van der Waals surface area contributed by atoms with Crippen molar-refractivity contribution < 1.29 is 4.74 Å². The Kier molecular flexibility index (Phi) is 2.99. The number of ether oxygens (including phenoxy) is 1. The van der Waals surface area contributed by atoms with Gasteiger partial charge in [-0.15, -0.1) is 0 Å². The number of hydrogen-bond donors (Lipinski definition) is 0. The summed E-state index contributed by atoms with van der Waals surface area (Å²) in [4.78, 5) is 4.57. The summed E-state index contributed by atoms with van der Waals surface area (Å²) in [7, 11) is 0. The smallest absolute Gasteiger partial charge is 0.184 e. The van der Waals surface area contributed by atoms with Crippen LogP contribution in [0.4, 0.5) is 0 Å². The fraction of sp³-hybridized carbons (Fsp3) is 0.909. The van der Waals surface area contributed by atoms with Gasteiger partial charge in [-0.1, -0.05) is 34.6 Å². The summed E-state index contributed by atoms with van der Waals surface area (Å²) in [5.41, 5.74) is 0.282. The van der Waals surface area contributed by atoms with Gasteiger partial charge in [0.05, 0.1) is 6.04 Å². The monoisotopic (exact) mass is 183 g/mol. The van der Waals surface area contributed by atoms with Gasteiger partial charge in [0.2, 0.25) is 0 Å². The Morgan fingerprint density at radius 1 is 1.46 bits per heavy atom. The molecule has 0 saturated carbocycles. The minimum Gasteiger partial charge on any atom is -0.479 e. The minimum absolute atomic E-state index is 0.282. The highest BCUT2D eigenvalue weighted by Crippen LogP contribution is 2.23. The molecule has 0 aromatic carbocycles. The standard InChI is InChI=1S/C11H21NO/c1-8(2)9-7-13-10(12-9)6-11(3,4)5/h8-9H,6-7H2,1-5H3/t9-/m1/s1. The summed E-state index contributed by atoms with van der Waals surface area (Å²) >= 11 is 0. The van der Waals surface area contributed by atoms with Gasteiger partial charge in [0, 0.05) is 6.42 Å². The first-order chi connectivity index (χ1) is 5.88. The van der Waals surface area contributed by atoms with E-state index >= 15 is 0 Å². The van der Waals surface area contributed by atoms with Gasteiger partial charge < -0.3 is 4.74 Å². The van der Waals surface area contributed by atoms with Crippen LogP contribution in [0.1, 0.15) is 41.0 Å². The quantitative estimate of drug-likeness (QED) is 0.645. The highest BCUT2D eigenvalue weighted by Gasteiger charge is 2.24. The van der Waals surface area contributed by atoms with Crippen molar-refractivity contribution in [2.75, 3.05) is 6.61 Å². The fourth-order valence-electron chi connectivity index (χ4n) is 1.33. The molecule has 1 atom stereocenters. The summed E-state index contributed by atoms with van der Waals surface area (Å²) < 4.78 is 5.55. The molecule has 0 bridgehead atoms. The first-order valence-corrected chi connectivity index (χ1v) is 5.08. The number of hydrogen-bond acceptors (Lipinski definition) is 2. The first kappa shape index (κ1) is 10.6. The van der Waals surface area contributed by atoms with Gasteiger partial charge in [0.25, 0.3) is 0 Å². The van der Waals surface area contributed by atoms with Gasteiger partial charge in [0.1, 0.15) is 6.61 Å². The van der Waals surface area contributed by atoms with E-state index in [-0.39, 0.29) is 5.41 Å². The summed E-state index contributed by atoms with van der Waals surface area (Å²) in [6.07, 6.45) is 0.955. The second-order valence-electron chi connectivity index (χ2n) is 5.38. The minimum atomic E-state index is 0.282. The van der Waals surface area contributed by atoms with Gasteiger partial charge in [0.15, 0.2) is 5.90 Å². The zero-order valence-electron chi connectivity index (χ0n) is 9.42. The topological polar surface area (TPSA) is 21.6 Å². The molecule has 0 saturated heterocycles. The molecule has 76 valence electrons. The van der Waals surface area contributed by atoms with E-state index in [4.69, 9.17) is 4.74 Å². The maximum absolute atomic E-state index is 5.55. The predicted octanol–water partition coefficient (Wildman–Crippen LogP) is 2.88. The molecule has 1 aliphatic rings. The third-order valence-electron chi connectivity index (χ3n) is 2.18. The Balaban J connectivity index is 2.50. The van der Waals surface area contributed by atoms with Crippen molar-refractivity contribution in [3.8, 4) is 0 Å². The van der Waals surface area contributed by atoms with Crippen LogP contribution >= 0.6 is 0 Å². The van der Waals surface area contributed by atoms with E-state index < -0.39 is 0 Å². The van der Waals surface area contributed by atoms with E-state index in [9.17, 15) is 0 Å². The van der Waals surface area contributed by atoms with Gasteiger partial charge >= 0.3 is 0 Å². The predicted molar refractivity (Wildman–Crippen MR) is 56.1 cm³/mol. The molecule has 0 amide bonds. The zero-order chi connectivity index (χ0) is 10.1. The Morgan fingerprint density at radius 2 is 2.08 bits per heavy atom. The molecule has 0 radical (unpaired) electrons. The largest absolute Gasteiger partial charge is 0.479 e. The van der Waals surface area contributed by atoms with E-state index in [1.807, 2.05) is 0 Å². The van der Waals surface area contributed by atoms with Gasteiger partial charge in [-0.2, -0.15) is 0 Å². The van der Waals surface area contributed by atoms with Crippen LogP contribution in [0.15, 0.2) is 4.99 Å². The molecule has 1 heterocycles. The molecule has 0 N–H and O–H groups in total. The van der Waals surface area contributed by atoms with Crippen LogP contribution in [-0.4, -0.2) is 18.5 Å². The average Bonchev–Trinajstić information content (AvgIpc) is 2.31. The maximum Gasteiger partial charge on any atom is 0.184 e. The molecule has 0 aliphatic carbocycles. The Bertz CT molecular complexity index is 201. The Labute approximate surface area is 81.4 Å². The van der Waals surface area contributed by atoms with Crippen LogP contribution in [0.5, 0.6) is 0 Å². The van der Waals surface area contributed by atoms with Crippen LogP contribution in [0.2, 0.25) is 0 Å². The molecule has 1 rings (SSSR count). The van der Waals surface area contributed by atoms with Crippen molar-refractivity contribution in [1.82, 2.24) is 0 Å². The van der Waals surface area contributed by atoms with Gasteiger partial charge in [-0.3, -0.25) is 0 Å². The lowest BCUT2D eigenvalue weighted by atomic mass is 9.92. The molecular formula is C11H21NO. The molecule has 13 heavy (non-hydrogen) atoms. The van der Waals surface area contributed by atoms with Crippen molar-refractivity contribution >= 4 is 5.90 Å². The van der Waals surface area contributed by atoms with Crippen molar-refractivity contribution in [3.05, 3.63) is 0 Å². The second kappa shape index (κ2) is 3.69. The maximum atomic E-state index is 5.55. The summed E-state index contributed by atoms with van der Waals surface area (Å²) in [5, 5.41) is 0. The molecule has 0 aromatic rings. The lowest BCUT2D eigenvalue weighted by molar-refractivity contribution is 0.273. The van der Waals surface area contributed by atoms with E-state index in [1.54, 1.807) is 0 Å². The van der Waals surface area contributed by atoms with E-state index in [1.165, 1.54) is 0 Å².